The third kappa shape index (κ3) is 27.4. The first-order valence-electron chi connectivity index (χ1n) is 29.0. The van der Waals surface area contributed by atoms with E-state index in [0.717, 1.165) is 0 Å². The second kappa shape index (κ2) is 38.2. The molecule has 0 saturated carbocycles. The summed E-state index contributed by atoms with van der Waals surface area (Å²) >= 11 is 0. The number of rotatable bonds is 39. The summed E-state index contributed by atoms with van der Waals surface area (Å²) in [5, 5.41) is 51.1. The standard InChI is InChI=1S/C59H90N16O12/c1-34(2)29-43(70-49(78)40(61)19-13-27-66-58(62)63)52(81)71-44(30-36-15-7-5-8-16-36)54(83)72-45(31-37-17-9-6-10-18-37)55(84)73-46(32-38-22-24-39(77)25-23-38)53(82)69-42(21-14-28-67-59(64)65)50(79)68-41(20-11-12-26-60)51(80)74-47(33-76)56(85)75-48(35(3)4)57(86)87/h5-10,15-18,22-25,34-35,40-48,76-77H,11-14,19-21,26-33,60-61H2,1-4H3,(H,68,79)(H,69,82)(H,70,78)(H,71,81)(H,72,83)(H,73,84)(H,74,80)(H,75,85)(H,86,87)(H4,62,63,66)(H4,64,65,67)/t40-,41-,42-,43-,44-,45-,46-,47-,48-/m0/s1. The van der Waals surface area contributed by atoms with Crippen LogP contribution in [0, 0.1) is 11.8 Å². The lowest BCUT2D eigenvalue weighted by Gasteiger charge is -2.28. The number of carbonyl (C=O) groups is 9. The summed E-state index contributed by atoms with van der Waals surface area (Å²) in [6.07, 6.45) is 0.899. The summed E-state index contributed by atoms with van der Waals surface area (Å²) < 4.78 is 0. The Labute approximate surface area is 507 Å². The molecule has 9 atom stereocenters. The summed E-state index contributed by atoms with van der Waals surface area (Å²) in [4.78, 5) is 134. The average Bonchev–Trinajstić information content (AvgIpc) is 3.68. The highest BCUT2D eigenvalue weighted by Crippen LogP contribution is 2.15. The maximum Gasteiger partial charge on any atom is 0.326 e. The van der Waals surface area contributed by atoms with Gasteiger partial charge in [-0.3, -0.25) is 48.3 Å². The van der Waals surface area contributed by atoms with Crippen LogP contribution in [0.25, 0.3) is 0 Å². The Morgan fingerprint density at radius 3 is 1.23 bits per heavy atom. The quantitative estimate of drug-likeness (QED) is 0.0161. The lowest BCUT2D eigenvalue weighted by molar-refractivity contribution is -0.144. The number of nitrogens with two attached hydrogens (primary N) is 6. The van der Waals surface area contributed by atoms with Crippen molar-refractivity contribution >= 4 is 65.1 Å². The third-order valence-corrected chi connectivity index (χ3v) is 13.7. The summed E-state index contributed by atoms with van der Waals surface area (Å²) in [7, 11) is 0. The summed E-state index contributed by atoms with van der Waals surface area (Å²) in [5.41, 5.74) is 35.6. The number of aromatic hydroxyl groups is 1. The fraction of sp³-hybridized carbons (Fsp3) is 0.508. The maximum absolute atomic E-state index is 15.0. The van der Waals surface area contributed by atoms with Crippen molar-refractivity contribution in [3.63, 3.8) is 0 Å². The van der Waals surface area contributed by atoms with E-state index in [-0.39, 0.29) is 101 Å². The molecule has 0 aliphatic rings. The number of nitrogens with one attached hydrogen (secondary N) is 8. The Bertz CT molecular complexity index is 2750. The zero-order valence-corrected chi connectivity index (χ0v) is 49.9. The van der Waals surface area contributed by atoms with Crippen molar-refractivity contribution in [1.82, 2.24) is 42.5 Å². The van der Waals surface area contributed by atoms with Gasteiger partial charge in [-0.15, -0.1) is 0 Å². The topological polar surface area (TPSA) is 491 Å². The van der Waals surface area contributed by atoms with Crippen LogP contribution in [0.15, 0.2) is 94.9 Å². The molecule has 0 aliphatic heterocycles. The van der Waals surface area contributed by atoms with Crippen molar-refractivity contribution in [2.45, 2.75) is 153 Å². The van der Waals surface area contributed by atoms with Gasteiger partial charge in [-0.25, -0.2) is 4.79 Å². The van der Waals surface area contributed by atoms with Crippen LogP contribution in [-0.4, -0.2) is 161 Å². The van der Waals surface area contributed by atoms with Crippen LogP contribution < -0.4 is 76.9 Å². The smallest absolute Gasteiger partial charge is 0.326 e. The molecule has 0 bridgehead atoms. The molecule has 0 radical (unpaired) electrons. The number of phenolic OH excluding ortho intramolecular Hbond substituents is 1. The number of carbonyl (C=O) groups excluding carboxylic acids is 8. The number of aliphatic imine (C=N–C) groups is 2. The van der Waals surface area contributed by atoms with Crippen LogP contribution in [0.2, 0.25) is 0 Å². The molecular weight excluding hydrogens is 1120 g/mol. The molecular formula is C59H90N16O12. The Morgan fingerprint density at radius 2 is 0.828 bits per heavy atom. The highest BCUT2D eigenvalue weighted by molar-refractivity contribution is 5.98. The van der Waals surface area contributed by atoms with E-state index in [4.69, 9.17) is 34.4 Å². The average molecular weight is 1220 g/mol. The number of aliphatic hydroxyl groups is 1. The minimum Gasteiger partial charge on any atom is -0.508 e. The van der Waals surface area contributed by atoms with Crippen molar-refractivity contribution in [3.8, 4) is 5.75 Å². The molecule has 3 aromatic rings. The lowest BCUT2D eigenvalue weighted by Crippen LogP contribution is -2.61. The van der Waals surface area contributed by atoms with Crippen molar-refractivity contribution in [2.24, 2.45) is 56.2 Å². The van der Waals surface area contributed by atoms with Gasteiger partial charge in [-0.2, -0.15) is 0 Å². The van der Waals surface area contributed by atoms with E-state index < -0.39 is 120 Å². The number of hydrogen-bond donors (Lipinski definition) is 17. The van der Waals surface area contributed by atoms with E-state index in [0.29, 0.717) is 29.5 Å². The van der Waals surface area contributed by atoms with Gasteiger partial charge in [0.2, 0.25) is 47.3 Å². The van der Waals surface area contributed by atoms with E-state index in [1.807, 2.05) is 13.8 Å². The van der Waals surface area contributed by atoms with Gasteiger partial charge in [0, 0.05) is 32.4 Å². The first-order valence-corrected chi connectivity index (χ1v) is 29.0. The van der Waals surface area contributed by atoms with Crippen molar-refractivity contribution in [1.29, 1.82) is 0 Å². The van der Waals surface area contributed by atoms with Crippen LogP contribution in [-0.2, 0) is 62.4 Å². The molecule has 0 fully saturated rings. The number of aliphatic carboxylic acids is 1. The molecule has 0 aliphatic carbocycles. The zero-order chi connectivity index (χ0) is 64.6. The number of benzene rings is 3. The molecule has 28 heteroatoms. The molecule has 23 N–H and O–H groups in total. The predicted octanol–water partition coefficient (Wildman–Crippen LogP) is -2.36. The fourth-order valence-electron chi connectivity index (χ4n) is 8.96. The molecule has 87 heavy (non-hydrogen) atoms. The number of carboxylic acid groups (broad SMARTS) is 1. The minimum atomic E-state index is -1.64. The first-order chi connectivity index (χ1) is 41.3. The Morgan fingerprint density at radius 1 is 0.460 bits per heavy atom. The van der Waals surface area contributed by atoms with Crippen LogP contribution in [0.1, 0.15) is 95.8 Å². The van der Waals surface area contributed by atoms with Gasteiger partial charge in [-0.05, 0) is 98.6 Å². The molecule has 3 aromatic carbocycles. The van der Waals surface area contributed by atoms with Gasteiger partial charge in [0.05, 0.1) is 12.6 Å². The fourth-order valence-corrected chi connectivity index (χ4v) is 8.96. The monoisotopic (exact) mass is 1210 g/mol. The van der Waals surface area contributed by atoms with Crippen LogP contribution in [0.5, 0.6) is 5.75 Å². The minimum absolute atomic E-state index is 0.00632. The number of carboxylic acids is 1. The molecule has 0 spiro atoms. The number of unbranched alkanes of at least 4 members (excludes halogenated alkanes) is 1. The number of guanidine groups is 2. The van der Waals surface area contributed by atoms with Crippen molar-refractivity contribution in [3.05, 3.63) is 102 Å². The van der Waals surface area contributed by atoms with E-state index in [1.54, 1.807) is 74.5 Å². The lowest BCUT2D eigenvalue weighted by atomic mass is 9.99. The van der Waals surface area contributed by atoms with Gasteiger partial charge in [0.15, 0.2) is 11.9 Å². The summed E-state index contributed by atoms with van der Waals surface area (Å²) in [6.45, 7) is 6.31. The van der Waals surface area contributed by atoms with E-state index in [9.17, 15) is 58.5 Å². The van der Waals surface area contributed by atoms with Crippen LogP contribution in [0.4, 0.5) is 0 Å². The second-order valence-electron chi connectivity index (χ2n) is 21.8. The molecule has 3 rings (SSSR count). The Kier molecular flexibility index (Phi) is 31.8. The highest BCUT2D eigenvalue weighted by atomic mass is 16.4. The molecule has 28 nitrogen and oxygen atoms in total. The second-order valence-corrected chi connectivity index (χ2v) is 21.8. The SMILES string of the molecule is CC(C)C[C@H](NC(=O)[C@@H](N)CCCN=C(N)N)C(=O)N[C@@H](Cc1ccccc1)C(=O)N[C@@H](Cc1ccccc1)C(=O)N[C@@H](Cc1ccc(O)cc1)C(=O)N[C@@H](CCCN=C(N)N)C(=O)N[C@@H](CCCCN)C(=O)N[C@@H](CO)C(=O)N[C@H](C(=O)O)C(C)C. The molecule has 0 unspecified atom stereocenters. The normalized spacial score (nSPS) is 14.2. The van der Waals surface area contributed by atoms with Gasteiger partial charge in [-0.1, -0.05) is 100 Å². The highest BCUT2D eigenvalue weighted by Gasteiger charge is 2.36. The number of phenols is 1. The summed E-state index contributed by atoms with van der Waals surface area (Å²) in [6, 6.07) is 10.8. The number of hydrogen-bond acceptors (Lipinski definition) is 15. The molecule has 0 aromatic heterocycles. The molecule has 8 amide bonds. The maximum atomic E-state index is 15.0. The number of nitrogens with zero attached hydrogens (tertiary/aromatic N) is 2. The Hall–Kier alpha value is -8.89. The van der Waals surface area contributed by atoms with E-state index in [2.05, 4.69) is 52.5 Å². The molecule has 0 saturated heterocycles. The van der Waals surface area contributed by atoms with Gasteiger partial charge in [0.25, 0.3) is 0 Å². The zero-order valence-electron chi connectivity index (χ0n) is 49.9. The number of amides is 8. The molecule has 0 heterocycles. The van der Waals surface area contributed by atoms with Gasteiger partial charge >= 0.3 is 5.97 Å². The van der Waals surface area contributed by atoms with Crippen LogP contribution in [0.3, 0.4) is 0 Å². The van der Waals surface area contributed by atoms with E-state index in [1.165, 1.54) is 24.3 Å². The third-order valence-electron chi connectivity index (χ3n) is 13.7. The largest absolute Gasteiger partial charge is 0.508 e. The van der Waals surface area contributed by atoms with Crippen molar-refractivity contribution in [2.75, 3.05) is 26.2 Å². The number of aliphatic hydroxyl groups excluding tert-OH is 1. The van der Waals surface area contributed by atoms with Gasteiger partial charge in [0.1, 0.15) is 54.1 Å². The summed E-state index contributed by atoms with van der Waals surface area (Å²) in [5.74, 6) is -9.23. The van der Waals surface area contributed by atoms with Crippen LogP contribution >= 0.6 is 0 Å². The predicted molar refractivity (Wildman–Crippen MR) is 327 cm³/mol. The Balaban J connectivity index is 2.06. The first kappa shape index (κ1) is 72.4. The van der Waals surface area contributed by atoms with Gasteiger partial charge < -0.3 is 92.3 Å². The molecule has 478 valence electrons. The van der Waals surface area contributed by atoms with E-state index >= 15 is 0 Å². The van der Waals surface area contributed by atoms with Crippen molar-refractivity contribution < 1.29 is 58.5 Å².